The summed E-state index contributed by atoms with van der Waals surface area (Å²) in [5.41, 5.74) is 2.80. The van der Waals surface area contributed by atoms with Gasteiger partial charge >= 0.3 is 0 Å². The lowest BCUT2D eigenvalue weighted by Crippen LogP contribution is -2.57. The fraction of sp³-hybridized carbons (Fsp3) is 0.828. The fourth-order valence-corrected chi connectivity index (χ4v) is 9.14. The second-order valence-electron chi connectivity index (χ2n) is 13.0. The molecule has 0 saturated heterocycles. The van der Waals surface area contributed by atoms with Crippen molar-refractivity contribution in [2.45, 2.75) is 106 Å². The van der Waals surface area contributed by atoms with Crippen molar-refractivity contribution in [3.05, 3.63) is 23.3 Å². The molecule has 0 aliphatic heterocycles. The molecule has 0 radical (unpaired) electrons. The molecule has 0 amide bonds. The molecule has 31 heavy (non-hydrogen) atoms. The van der Waals surface area contributed by atoms with Gasteiger partial charge in [0, 0.05) is 11.8 Å². The molecule has 2 heteroatoms. The largest absolute Gasteiger partial charge is 0.384 e. The summed E-state index contributed by atoms with van der Waals surface area (Å²) in [4.78, 5) is 12.8. The molecule has 0 aromatic rings. The highest BCUT2D eigenvalue weighted by atomic mass is 16.3. The van der Waals surface area contributed by atoms with Gasteiger partial charge in [0.2, 0.25) is 0 Å². The van der Waals surface area contributed by atoms with E-state index in [0.717, 1.165) is 24.2 Å². The van der Waals surface area contributed by atoms with E-state index in [0.29, 0.717) is 23.7 Å². The van der Waals surface area contributed by atoms with E-state index >= 15 is 0 Å². The van der Waals surface area contributed by atoms with Crippen molar-refractivity contribution >= 4 is 5.78 Å². The average molecular weight is 427 g/mol. The number of fused-ring (bicyclic) bond motifs is 5. The van der Waals surface area contributed by atoms with Crippen LogP contribution in [0.4, 0.5) is 0 Å². The van der Waals surface area contributed by atoms with Crippen LogP contribution in [-0.2, 0) is 4.79 Å². The molecule has 0 heterocycles. The van der Waals surface area contributed by atoms with Gasteiger partial charge in [-0.05, 0) is 99.2 Å². The lowest BCUT2D eigenvalue weighted by molar-refractivity contribution is -0.144. The lowest BCUT2D eigenvalue weighted by atomic mass is 9.44. The molecule has 174 valence electrons. The van der Waals surface area contributed by atoms with E-state index in [1.54, 1.807) is 0 Å². The van der Waals surface area contributed by atoms with Gasteiger partial charge in [0.1, 0.15) is 6.10 Å². The van der Waals surface area contributed by atoms with Crippen molar-refractivity contribution in [2.24, 2.45) is 45.8 Å². The van der Waals surface area contributed by atoms with Crippen molar-refractivity contribution in [3.8, 4) is 0 Å². The van der Waals surface area contributed by atoms with Gasteiger partial charge in [-0.1, -0.05) is 57.9 Å². The predicted octanol–water partition coefficient (Wildman–Crippen LogP) is 7.12. The number of hydrogen-bond acceptors (Lipinski definition) is 2. The first-order valence-electron chi connectivity index (χ1n) is 13.0. The number of aliphatic hydroxyl groups is 1. The summed E-state index contributed by atoms with van der Waals surface area (Å²) in [7, 11) is 0. The van der Waals surface area contributed by atoms with Gasteiger partial charge in [-0.2, -0.15) is 0 Å². The Morgan fingerprint density at radius 3 is 2.55 bits per heavy atom. The second-order valence-corrected chi connectivity index (χ2v) is 13.0. The molecule has 8 atom stereocenters. The summed E-state index contributed by atoms with van der Waals surface area (Å²) in [6.07, 6.45) is 13.6. The molecule has 0 aromatic heterocycles. The van der Waals surface area contributed by atoms with Gasteiger partial charge in [0.25, 0.3) is 0 Å². The molecule has 0 bridgehead atoms. The first-order chi connectivity index (χ1) is 14.4. The smallest absolute Gasteiger partial charge is 0.163 e. The van der Waals surface area contributed by atoms with Crippen molar-refractivity contribution < 1.29 is 9.90 Å². The second kappa shape index (κ2) is 7.86. The van der Waals surface area contributed by atoms with Crippen LogP contribution in [0.1, 0.15) is 99.8 Å². The number of aliphatic hydroxyl groups excluding tert-OH is 1. The van der Waals surface area contributed by atoms with E-state index in [4.69, 9.17) is 0 Å². The highest BCUT2D eigenvalue weighted by Crippen LogP contribution is 2.68. The van der Waals surface area contributed by atoms with Crippen LogP contribution >= 0.6 is 0 Å². The number of hydrogen-bond donors (Lipinski definition) is 1. The van der Waals surface area contributed by atoms with E-state index in [9.17, 15) is 9.90 Å². The van der Waals surface area contributed by atoms with Gasteiger partial charge in [-0.3, -0.25) is 4.79 Å². The number of carbonyl (C=O) groups is 1. The van der Waals surface area contributed by atoms with Gasteiger partial charge in [0.05, 0.1) is 0 Å². The van der Waals surface area contributed by atoms with Crippen molar-refractivity contribution in [1.82, 2.24) is 0 Å². The van der Waals surface area contributed by atoms with E-state index in [1.807, 2.05) is 0 Å². The zero-order valence-corrected chi connectivity index (χ0v) is 21.1. The molecular weight excluding hydrogens is 380 g/mol. The lowest BCUT2D eigenvalue weighted by Gasteiger charge is -2.60. The SMILES string of the molecule is CC(C)=CCC[C@H](C)[C@H]1CC[C@H]2[C@@H]3CC=C4C(C)(C)C(O)C(=O)C[C@]4(C)[C@H]3CC[C@]12C. The standard InChI is InChI=1S/C29H46O2/c1-18(2)9-8-10-19(3)21-12-13-22-20-11-14-25-27(4,5)26(31)24(30)17-29(25,7)23(20)15-16-28(21,22)6/h9,14,19-23,26,31H,8,10-13,15-17H2,1-7H3/t19-,20-,21+,22-,23-,26?,28+,29+/m0/s1. The molecule has 3 saturated carbocycles. The summed E-state index contributed by atoms with van der Waals surface area (Å²) < 4.78 is 0. The van der Waals surface area contributed by atoms with Crippen molar-refractivity contribution in [1.29, 1.82) is 0 Å². The first kappa shape index (κ1) is 23.3. The maximum absolute atomic E-state index is 12.8. The summed E-state index contributed by atoms with van der Waals surface area (Å²) in [6, 6.07) is 0. The van der Waals surface area contributed by atoms with Crippen molar-refractivity contribution in [2.75, 3.05) is 0 Å². The Morgan fingerprint density at radius 1 is 1.16 bits per heavy atom. The Kier molecular flexibility index (Phi) is 5.90. The number of Topliss-reactive ketones (excluding diaryl/α,β-unsaturated/α-hetero) is 1. The highest BCUT2D eigenvalue weighted by molar-refractivity contribution is 5.87. The van der Waals surface area contributed by atoms with E-state index < -0.39 is 11.5 Å². The van der Waals surface area contributed by atoms with Crippen LogP contribution in [0.3, 0.4) is 0 Å². The molecule has 1 unspecified atom stereocenters. The monoisotopic (exact) mass is 426 g/mol. The normalized spacial score (nSPS) is 44.6. The van der Waals surface area contributed by atoms with E-state index in [2.05, 4.69) is 60.6 Å². The Balaban J connectivity index is 1.58. The highest BCUT2D eigenvalue weighted by Gasteiger charge is 2.62. The predicted molar refractivity (Wildman–Crippen MR) is 129 cm³/mol. The fourth-order valence-electron chi connectivity index (χ4n) is 9.14. The van der Waals surface area contributed by atoms with Crippen LogP contribution < -0.4 is 0 Å². The molecule has 4 rings (SSSR count). The average Bonchev–Trinajstić information content (AvgIpc) is 3.03. The Hall–Kier alpha value is -0.890. The molecule has 2 nitrogen and oxygen atoms in total. The molecular formula is C29H46O2. The van der Waals surface area contributed by atoms with Gasteiger partial charge in [-0.15, -0.1) is 0 Å². The summed E-state index contributed by atoms with van der Waals surface area (Å²) in [5, 5.41) is 10.7. The van der Waals surface area contributed by atoms with Crippen LogP contribution in [0.25, 0.3) is 0 Å². The minimum atomic E-state index is -0.838. The van der Waals surface area contributed by atoms with Crippen LogP contribution in [0.5, 0.6) is 0 Å². The van der Waals surface area contributed by atoms with Gasteiger partial charge < -0.3 is 5.11 Å². The molecule has 4 aliphatic carbocycles. The van der Waals surface area contributed by atoms with Crippen LogP contribution in [0.2, 0.25) is 0 Å². The minimum absolute atomic E-state index is 0.0583. The van der Waals surface area contributed by atoms with E-state index in [1.165, 1.54) is 49.7 Å². The third-order valence-electron chi connectivity index (χ3n) is 10.6. The molecule has 0 spiro atoms. The third-order valence-corrected chi connectivity index (χ3v) is 10.6. The summed E-state index contributed by atoms with van der Waals surface area (Å²) in [5.74, 6) is 3.80. The number of ketones is 1. The topological polar surface area (TPSA) is 37.3 Å². The van der Waals surface area contributed by atoms with Crippen LogP contribution in [0.15, 0.2) is 23.3 Å². The van der Waals surface area contributed by atoms with Crippen LogP contribution in [-0.4, -0.2) is 17.0 Å². The maximum Gasteiger partial charge on any atom is 0.163 e. The van der Waals surface area contributed by atoms with Gasteiger partial charge in [0.15, 0.2) is 5.78 Å². The summed E-state index contributed by atoms with van der Waals surface area (Å²) >= 11 is 0. The maximum atomic E-state index is 12.8. The summed E-state index contributed by atoms with van der Waals surface area (Å²) in [6.45, 7) is 16.1. The first-order valence-corrected chi connectivity index (χ1v) is 13.0. The Bertz CT molecular complexity index is 785. The molecule has 0 aromatic carbocycles. The van der Waals surface area contributed by atoms with Crippen LogP contribution in [0, 0.1) is 45.8 Å². The zero-order valence-electron chi connectivity index (χ0n) is 21.1. The van der Waals surface area contributed by atoms with Crippen molar-refractivity contribution in [3.63, 3.8) is 0 Å². The zero-order chi connectivity index (χ0) is 22.8. The number of rotatable bonds is 4. The quantitative estimate of drug-likeness (QED) is 0.486. The van der Waals surface area contributed by atoms with E-state index in [-0.39, 0.29) is 11.2 Å². The third kappa shape index (κ3) is 3.51. The Morgan fingerprint density at radius 2 is 1.87 bits per heavy atom. The molecule has 4 aliphatic rings. The Labute approximate surface area is 191 Å². The minimum Gasteiger partial charge on any atom is -0.384 e. The molecule has 3 fully saturated rings. The number of carbonyl (C=O) groups excluding carboxylic acids is 1. The van der Waals surface area contributed by atoms with Gasteiger partial charge in [-0.25, -0.2) is 0 Å². The number of allylic oxidation sites excluding steroid dienone is 3. The molecule has 1 N–H and O–H groups in total.